The summed E-state index contributed by atoms with van der Waals surface area (Å²) in [6.07, 6.45) is 1.83. The van der Waals surface area contributed by atoms with Gasteiger partial charge in [0.2, 0.25) is 0 Å². The molecule has 0 aromatic carbocycles. The predicted molar refractivity (Wildman–Crippen MR) is 59.8 cm³/mol. The van der Waals surface area contributed by atoms with E-state index < -0.39 is 6.10 Å². The Hall–Kier alpha value is -1.26. The summed E-state index contributed by atoms with van der Waals surface area (Å²) < 4.78 is 0. The first kappa shape index (κ1) is 10.3. The van der Waals surface area contributed by atoms with Crippen LogP contribution in [0.4, 0.5) is 0 Å². The second-order valence-corrected chi connectivity index (χ2v) is 4.36. The van der Waals surface area contributed by atoms with Crippen molar-refractivity contribution >= 4 is 11.3 Å². The Morgan fingerprint density at radius 3 is 3.00 bits per heavy atom. The molecule has 2 aromatic rings. The van der Waals surface area contributed by atoms with Crippen molar-refractivity contribution in [1.29, 1.82) is 0 Å². The maximum Gasteiger partial charge on any atom is 0.101 e. The molecule has 4 heteroatoms. The van der Waals surface area contributed by atoms with E-state index in [4.69, 9.17) is 0 Å². The van der Waals surface area contributed by atoms with Gasteiger partial charge in [-0.05, 0) is 19.1 Å². The summed E-state index contributed by atoms with van der Waals surface area (Å²) in [6.45, 7) is 1.92. The Morgan fingerprint density at radius 1 is 1.47 bits per heavy atom. The zero-order valence-electron chi connectivity index (χ0n) is 8.42. The zero-order valence-corrected chi connectivity index (χ0v) is 9.24. The Kier molecular flexibility index (Phi) is 3.08. The first-order chi connectivity index (χ1) is 7.25. The highest BCUT2D eigenvalue weighted by Crippen LogP contribution is 2.18. The van der Waals surface area contributed by atoms with Crippen molar-refractivity contribution < 1.29 is 5.11 Å². The molecule has 0 saturated carbocycles. The van der Waals surface area contributed by atoms with Crippen LogP contribution in [0.15, 0.2) is 29.9 Å². The van der Waals surface area contributed by atoms with Gasteiger partial charge in [-0.3, -0.25) is 9.97 Å². The lowest BCUT2D eigenvalue weighted by molar-refractivity contribution is 0.174. The summed E-state index contributed by atoms with van der Waals surface area (Å²) in [5.74, 6) is 0. The molecular weight excluding hydrogens is 208 g/mol. The quantitative estimate of drug-likeness (QED) is 0.861. The molecule has 15 heavy (non-hydrogen) atoms. The predicted octanol–water partition coefficient (Wildman–Crippen LogP) is 2.12. The minimum atomic E-state index is -0.537. The van der Waals surface area contributed by atoms with Gasteiger partial charge in [-0.25, -0.2) is 0 Å². The number of hydrogen-bond donors (Lipinski definition) is 1. The molecule has 2 aromatic heterocycles. The highest BCUT2D eigenvalue weighted by atomic mass is 32.1. The van der Waals surface area contributed by atoms with Crippen molar-refractivity contribution in [3.8, 4) is 0 Å². The molecule has 0 aliphatic heterocycles. The second kappa shape index (κ2) is 4.51. The van der Waals surface area contributed by atoms with Gasteiger partial charge in [-0.2, -0.15) is 0 Å². The van der Waals surface area contributed by atoms with Gasteiger partial charge in [-0.15, -0.1) is 11.3 Å². The van der Waals surface area contributed by atoms with E-state index in [0.29, 0.717) is 6.42 Å². The van der Waals surface area contributed by atoms with E-state index in [1.165, 1.54) is 0 Å². The third-order valence-electron chi connectivity index (χ3n) is 2.13. The van der Waals surface area contributed by atoms with Gasteiger partial charge in [0, 0.05) is 23.2 Å². The lowest BCUT2D eigenvalue weighted by Gasteiger charge is -2.08. The average molecular weight is 220 g/mol. The van der Waals surface area contributed by atoms with Crippen molar-refractivity contribution in [1.82, 2.24) is 9.97 Å². The normalized spacial score (nSPS) is 12.7. The molecule has 0 aliphatic rings. The van der Waals surface area contributed by atoms with Crippen LogP contribution >= 0.6 is 11.3 Å². The van der Waals surface area contributed by atoms with Gasteiger partial charge < -0.3 is 5.11 Å². The Labute approximate surface area is 92.5 Å². The van der Waals surface area contributed by atoms with Gasteiger partial charge in [-0.1, -0.05) is 6.07 Å². The molecule has 3 nitrogen and oxygen atoms in total. The highest BCUT2D eigenvalue weighted by molar-refractivity contribution is 7.09. The fraction of sp³-hybridized carbons (Fsp3) is 0.273. The third kappa shape index (κ3) is 2.61. The SMILES string of the molecule is Cc1cccc(C(O)Cc2cncs2)n1. The lowest BCUT2D eigenvalue weighted by atomic mass is 10.1. The number of nitrogens with zero attached hydrogens (tertiary/aromatic N) is 2. The van der Waals surface area contributed by atoms with E-state index in [9.17, 15) is 5.11 Å². The van der Waals surface area contributed by atoms with E-state index in [1.54, 1.807) is 23.0 Å². The Morgan fingerprint density at radius 2 is 2.33 bits per heavy atom. The number of pyridine rings is 1. The summed E-state index contributed by atoms with van der Waals surface area (Å²) in [5, 5.41) is 9.93. The van der Waals surface area contributed by atoms with Crippen LogP contribution in [0.3, 0.4) is 0 Å². The Balaban J connectivity index is 2.11. The van der Waals surface area contributed by atoms with E-state index in [-0.39, 0.29) is 0 Å². The minimum absolute atomic E-state index is 0.537. The lowest BCUT2D eigenvalue weighted by Crippen LogP contribution is -2.03. The maximum atomic E-state index is 9.93. The first-order valence-corrected chi connectivity index (χ1v) is 5.62. The summed E-state index contributed by atoms with van der Waals surface area (Å²) in [5.41, 5.74) is 3.42. The van der Waals surface area contributed by atoms with E-state index >= 15 is 0 Å². The topological polar surface area (TPSA) is 46.0 Å². The molecule has 0 saturated heterocycles. The Bertz CT molecular complexity index is 428. The number of hydrogen-bond acceptors (Lipinski definition) is 4. The van der Waals surface area contributed by atoms with Gasteiger partial charge >= 0.3 is 0 Å². The summed E-state index contributed by atoms with van der Waals surface area (Å²) in [7, 11) is 0. The van der Waals surface area contributed by atoms with E-state index in [1.807, 2.05) is 25.1 Å². The van der Waals surface area contributed by atoms with Crippen LogP contribution in [0.1, 0.15) is 22.4 Å². The van der Waals surface area contributed by atoms with Gasteiger partial charge in [0.15, 0.2) is 0 Å². The highest BCUT2D eigenvalue weighted by Gasteiger charge is 2.10. The molecule has 0 bridgehead atoms. The number of aliphatic hydroxyl groups excluding tert-OH is 1. The molecule has 78 valence electrons. The van der Waals surface area contributed by atoms with Crippen LogP contribution < -0.4 is 0 Å². The van der Waals surface area contributed by atoms with Crippen LogP contribution in [0, 0.1) is 6.92 Å². The smallest absolute Gasteiger partial charge is 0.101 e. The number of aliphatic hydroxyl groups is 1. The molecule has 0 aliphatic carbocycles. The van der Waals surface area contributed by atoms with E-state index in [0.717, 1.165) is 16.3 Å². The largest absolute Gasteiger partial charge is 0.386 e. The van der Waals surface area contributed by atoms with Crippen LogP contribution in [0.2, 0.25) is 0 Å². The number of thiazole rings is 1. The molecule has 0 radical (unpaired) electrons. The molecule has 0 amide bonds. The standard InChI is InChI=1S/C11H12N2OS/c1-8-3-2-4-10(13-8)11(14)5-9-6-12-7-15-9/h2-4,6-7,11,14H,5H2,1H3. The van der Waals surface area contributed by atoms with Crippen molar-refractivity contribution in [3.63, 3.8) is 0 Å². The minimum Gasteiger partial charge on any atom is -0.386 e. The zero-order chi connectivity index (χ0) is 10.7. The molecule has 0 fully saturated rings. The van der Waals surface area contributed by atoms with Gasteiger partial charge in [0.1, 0.15) is 6.10 Å². The van der Waals surface area contributed by atoms with Gasteiger partial charge in [0.25, 0.3) is 0 Å². The third-order valence-corrected chi connectivity index (χ3v) is 2.93. The van der Waals surface area contributed by atoms with Crippen molar-refractivity contribution in [2.24, 2.45) is 0 Å². The monoisotopic (exact) mass is 220 g/mol. The molecule has 2 rings (SSSR count). The van der Waals surface area contributed by atoms with Crippen molar-refractivity contribution in [2.45, 2.75) is 19.4 Å². The average Bonchev–Trinajstić information content (AvgIpc) is 2.70. The molecule has 1 N–H and O–H groups in total. The molecule has 0 spiro atoms. The molecule has 1 atom stereocenters. The number of aryl methyl sites for hydroxylation is 1. The summed E-state index contributed by atoms with van der Waals surface area (Å²) in [4.78, 5) is 9.34. The summed E-state index contributed by atoms with van der Waals surface area (Å²) >= 11 is 1.55. The van der Waals surface area contributed by atoms with Crippen molar-refractivity contribution in [2.75, 3.05) is 0 Å². The maximum absolute atomic E-state index is 9.93. The number of rotatable bonds is 3. The molecule has 2 heterocycles. The van der Waals surface area contributed by atoms with Crippen LogP contribution in [-0.2, 0) is 6.42 Å². The van der Waals surface area contributed by atoms with Crippen LogP contribution in [0.5, 0.6) is 0 Å². The van der Waals surface area contributed by atoms with Crippen LogP contribution in [0.25, 0.3) is 0 Å². The molecular formula is C11H12N2OS. The van der Waals surface area contributed by atoms with E-state index in [2.05, 4.69) is 9.97 Å². The fourth-order valence-corrected chi connectivity index (χ4v) is 2.02. The summed E-state index contributed by atoms with van der Waals surface area (Å²) in [6, 6.07) is 5.68. The fourth-order valence-electron chi connectivity index (χ4n) is 1.39. The second-order valence-electron chi connectivity index (χ2n) is 3.39. The first-order valence-electron chi connectivity index (χ1n) is 4.74. The molecule has 1 unspecified atom stereocenters. The van der Waals surface area contributed by atoms with Gasteiger partial charge in [0.05, 0.1) is 11.2 Å². The van der Waals surface area contributed by atoms with Crippen LogP contribution in [-0.4, -0.2) is 15.1 Å². The number of aromatic nitrogens is 2. The van der Waals surface area contributed by atoms with Crippen molar-refractivity contribution in [3.05, 3.63) is 46.2 Å².